The van der Waals surface area contributed by atoms with Gasteiger partial charge in [-0.1, -0.05) is 12.1 Å². The number of rotatable bonds is 5. The summed E-state index contributed by atoms with van der Waals surface area (Å²) in [6.45, 7) is 1.76. The topological polar surface area (TPSA) is 75.6 Å². The summed E-state index contributed by atoms with van der Waals surface area (Å²) in [7, 11) is 0. The molecule has 2 rings (SSSR count). The summed E-state index contributed by atoms with van der Waals surface area (Å²) in [5.74, 6) is -0.764. The molecule has 102 valence electrons. The number of carboxylic acids is 1. The van der Waals surface area contributed by atoms with Crippen molar-refractivity contribution in [3.8, 4) is 5.75 Å². The standard InChI is InChI=1S/C14H17NO4/c1-10-4-2-5-11(8-10)19-9-12(16)15-14(13(17)18)6-3-7-14/h2,4-5,8H,3,6-7,9H2,1H3,(H,15,16)(H,17,18). The molecule has 0 bridgehead atoms. The molecule has 0 atom stereocenters. The zero-order valence-electron chi connectivity index (χ0n) is 10.8. The molecule has 1 saturated carbocycles. The number of carboxylic acid groups (broad SMARTS) is 1. The number of hydrogen-bond donors (Lipinski definition) is 2. The second kappa shape index (κ2) is 5.30. The molecule has 1 aliphatic carbocycles. The third kappa shape index (κ3) is 3.05. The number of aryl methyl sites for hydroxylation is 1. The average Bonchev–Trinajstić information content (AvgIpc) is 2.31. The SMILES string of the molecule is Cc1cccc(OCC(=O)NC2(C(=O)O)CCC2)c1. The van der Waals surface area contributed by atoms with E-state index in [9.17, 15) is 9.59 Å². The highest BCUT2D eigenvalue weighted by molar-refractivity contribution is 5.88. The van der Waals surface area contributed by atoms with Crippen LogP contribution in [0.5, 0.6) is 5.75 Å². The highest BCUT2D eigenvalue weighted by Crippen LogP contribution is 2.31. The maximum atomic E-state index is 11.7. The van der Waals surface area contributed by atoms with E-state index in [4.69, 9.17) is 9.84 Å². The normalized spacial score (nSPS) is 16.3. The van der Waals surface area contributed by atoms with Crippen molar-refractivity contribution in [3.05, 3.63) is 29.8 Å². The van der Waals surface area contributed by atoms with Crippen molar-refractivity contribution in [1.82, 2.24) is 5.32 Å². The van der Waals surface area contributed by atoms with Crippen LogP contribution in [0.3, 0.4) is 0 Å². The molecule has 2 N–H and O–H groups in total. The molecule has 0 spiro atoms. The summed E-state index contributed by atoms with van der Waals surface area (Å²) in [4.78, 5) is 22.8. The molecule has 0 aliphatic heterocycles. The minimum Gasteiger partial charge on any atom is -0.484 e. The minimum atomic E-state index is -1.08. The number of nitrogens with one attached hydrogen (secondary N) is 1. The lowest BCUT2D eigenvalue weighted by Gasteiger charge is -2.38. The van der Waals surface area contributed by atoms with Crippen molar-refractivity contribution >= 4 is 11.9 Å². The lowest BCUT2D eigenvalue weighted by molar-refractivity contribution is -0.152. The Balaban J connectivity index is 1.86. The van der Waals surface area contributed by atoms with Crippen LogP contribution >= 0.6 is 0 Å². The molecule has 0 unspecified atom stereocenters. The maximum Gasteiger partial charge on any atom is 0.329 e. The predicted molar refractivity (Wildman–Crippen MR) is 69.0 cm³/mol. The van der Waals surface area contributed by atoms with Gasteiger partial charge in [-0.15, -0.1) is 0 Å². The number of amides is 1. The number of carbonyl (C=O) groups excluding carboxylic acids is 1. The van der Waals surface area contributed by atoms with Crippen LogP contribution in [-0.2, 0) is 9.59 Å². The van der Waals surface area contributed by atoms with Crippen molar-refractivity contribution in [3.63, 3.8) is 0 Å². The van der Waals surface area contributed by atoms with Crippen molar-refractivity contribution in [2.75, 3.05) is 6.61 Å². The summed E-state index contributed by atoms with van der Waals surface area (Å²) >= 11 is 0. The first-order valence-corrected chi connectivity index (χ1v) is 6.26. The van der Waals surface area contributed by atoms with Gasteiger partial charge in [0.1, 0.15) is 11.3 Å². The summed E-state index contributed by atoms with van der Waals surface area (Å²) in [5.41, 5.74) is -0.0357. The summed E-state index contributed by atoms with van der Waals surface area (Å²) in [5, 5.41) is 11.6. The molecule has 0 radical (unpaired) electrons. The quantitative estimate of drug-likeness (QED) is 0.844. The zero-order valence-corrected chi connectivity index (χ0v) is 10.8. The van der Waals surface area contributed by atoms with Crippen molar-refractivity contribution in [2.45, 2.75) is 31.7 Å². The van der Waals surface area contributed by atoms with Crippen LogP contribution in [0.4, 0.5) is 0 Å². The monoisotopic (exact) mass is 263 g/mol. The van der Waals surface area contributed by atoms with Crippen LogP contribution in [-0.4, -0.2) is 29.1 Å². The highest BCUT2D eigenvalue weighted by Gasteiger charge is 2.45. The second-order valence-corrected chi connectivity index (χ2v) is 4.89. The fraction of sp³-hybridized carbons (Fsp3) is 0.429. The lowest BCUT2D eigenvalue weighted by atomic mass is 9.77. The first kappa shape index (κ1) is 13.4. The summed E-state index contributed by atoms with van der Waals surface area (Å²) in [6.07, 6.45) is 1.79. The van der Waals surface area contributed by atoms with Gasteiger partial charge < -0.3 is 15.2 Å². The Morgan fingerprint density at radius 3 is 2.68 bits per heavy atom. The van der Waals surface area contributed by atoms with Gasteiger partial charge >= 0.3 is 5.97 Å². The number of carbonyl (C=O) groups is 2. The van der Waals surface area contributed by atoms with E-state index in [0.717, 1.165) is 12.0 Å². The maximum absolute atomic E-state index is 11.7. The Kier molecular flexibility index (Phi) is 3.74. The molecule has 1 amide bonds. The number of benzene rings is 1. The Morgan fingerprint density at radius 1 is 1.42 bits per heavy atom. The van der Waals surface area contributed by atoms with Gasteiger partial charge in [0.2, 0.25) is 0 Å². The Hall–Kier alpha value is -2.04. The van der Waals surface area contributed by atoms with Gasteiger partial charge in [-0.2, -0.15) is 0 Å². The molecular weight excluding hydrogens is 246 g/mol. The molecule has 5 heteroatoms. The van der Waals surface area contributed by atoms with E-state index < -0.39 is 17.4 Å². The van der Waals surface area contributed by atoms with Crippen molar-refractivity contribution in [1.29, 1.82) is 0 Å². The fourth-order valence-electron chi connectivity index (χ4n) is 2.08. The van der Waals surface area contributed by atoms with Gasteiger partial charge in [-0.3, -0.25) is 4.79 Å². The van der Waals surface area contributed by atoms with E-state index in [1.807, 2.05) is 25.1 Å². The molecular formula is C14H17NO4. The van der Waals surface area contributed by atoms with Gasteiger partial charge in [-0.25, -0.2) is 4.79 Å². The second-order valence-electron chi connectivity index (χ2n) is 4.89. The summed E-state index contributed by atoms with van der Waals surface area (Å²) < 4.78 is 5.34. The molecule has 19 heavy (non-hydrogen) atoms. The molecule has 1 aliphatic rings. The van der Waals surface area contributed by atoms with Gasteiger partial charge in [0.25, 0.3) is 5.91 Å². The molecule has 0 saturated heterocycles. The third-order valence-electron chi connectivity index (χ3n) is 3.35. The minimum absolute atomic E-state index is 0.168. The van der Waals surface area contributed by atoms with Crippen LogP contribution in [0.2, 0.25) is 0 Å². The van der Waals surface area contributed by atoms with E-state index in [-0.39, 0.29) is 6.61 Å². The van der Waals surface area contributed by atoms with Crippen LogP contribution in [0, 0.1) is 6.92 Å². The Bertz CT molecular complexity index is 494. The molecule has 5 nitrogen and oxygen atoms in total. The van der Waals surface area contributed by atoms with Crippen molar-refractivity contribution < 1.29 is 19.4 Å². The largest absolute Gasteiger partial charge is 0.484 e. The van der Waals surface area contributed by atoms with E-state index >= 15 is 0 Å². The van der Waals surface area contributed by atoms with Crippen LogP contribution in [0.1, 0.15) is 24.8 Å². The Morgan fingerprint density at radius 2 is 2.16 bits per heavy atom. The van der Waals surface area contributed by atoms with E-state index in [1.165, 1.54) is 0 Å². The predicted octanol–water partition coefficient (Wildman–Crippen LogP) is 1.50. The molecule has 0 aromatic heterocycles. The van der Waals surface area contributed by atoms with Gasteiger partial charge in [0.15, 0.2) is 6.61 Å². The summed E-state index contributed by atoms with van der Waals surface area (Å²) in [6, 6.07) is 7.36. The average molecular weight is 263 g/mol. The van der Waals surface area contributed by atoms with Gasteiger partial charge in [0.05, 0.1) is 0 Å². The van der Waals surface area contributed by atoms with Crippen LogP contribution in [0.25, 0.3) is 0 Å². The third-order valence-corrected chi connectivity index (χ3v) is 3.35. The number of hydrogen-bond acceptors (Lipinski definition) is 3. The number of ether oxygens (including phenoxy) is 1. The van der Waals surface area contributed by atoms with E-state index in [0.29, 0.717) is 18.6 Å². The number of aliphatic carboxylic acids is 1. The molecule has 0 heterocycles. The zero-order chi connectivity index (χ0) is 13.9. The smallest absolute Gasteiger partial charge is 0.329 e. The fourth-order valence-corrected chi connectivity index (χ4v) is 2.08. The molecule has 1 aromatic carbocycles. The molecule has 1 fully saturated rings. The van der Waals surface area contributed by atoms with Crippen LogP contribution in [0.15, 0.2) is 24.3 Å². The lowest BCUT2D eigenvalue weighted by Crippen LogP contribution is -2.59. The van der Waals surface area contributed by atoms with Gasteiger partial charge in [0, 0.05) is 0 Å². The van der Waals surface area contributed by atoms with E-state index in [2.05, 4.69) is 5.32 Å². The van der Waals surface area contributed by atoms with E-state index in [1.54, 1.807) is 6.07 Å². The first-order valence-electron chi connectivity index (χ1n) is 6.26. The van der Waals surface area contributed by atoms with Crippen molar-refractivity contribution in [2.24, 2.45) is 0 Å². The Labute approximate surface area is 111 Å². The van der Waals surface area contributed by atoms with Gasteiger partial charge in [-0.05, 0) is 43.9 Å². The molecule has 1 aromatic rings. The first-order chi connectivity index (χ1) is 9.02. The highest BCUT2D eigenvalue weighted by atomic mass is 16.5. The van der Waals surface area contributed by atoms with Crippen LogP contribution < -0.4 is 10.1 Å².